The lowest BCUT2D eigenvalue weighted by molar-refractivity contribution is -0.116. The zero-order valence-electron chi connectivity index (χ0n) is 15.5. The number of halogens is 1. The summed E-state index contributed by atoms with van der Waals surface area (Å²) in [5.74, 6) is 1.50. The van der Waals surface area contributed by atoms with Crippen molar-refractivity contribution >= 4 is 34.0 Å². The van der Waals surface area contributed by atoms with E-state index in [1.165, 1.54) is 11.3 Å². The van der Waals surface area contributed by atoms with Gasteiger partial charge in [0.2, 0.25) is 5.91 Å². The Labute approximate surface area is 173 Å². The lowest BCUT2D eigenvalue weighted by Crippen LogP contribution is -2.12. The van der Waals surface area contributed by atoms with Gasteiger partial charge in [0.25, 0.3) is 0 Å². The van der Waals surface area contributed by atoms with Gasteiger partial charge >= 0.3 is 0 Å². The number of aromatic nitrogens is 1. The summed E-state index contributed by atoms with van der Waals surface area (Å²) in [5, 5.41) is 6.01. The third-order valence-electron chi connectivity index (χ3n) is 3.84. The molecule has 0 spiro atoms. The van der Waals surface area contributed by atoms with Gasteiger partial charge in [0.05, 0.1) is 18.9 Å². The Balaban J connectivity index is 1.40. The number of nitrogens with one attached hydrogen (secondary N) is 1. The summed E-state index contributed by atoms with van der Waals surface area (Å²) in [6, 6.07) is 14.9. The summed E-state index contributed by atoms with van der Waals surface area (Å²) < 4.78 is 11.0. The molecule has 0 aliphatic rings. The van der Waals surface area contributed by atoms with Crippen LogP contribution >= 0.6 is 22.9 Å². The van der Waals surface area contributed by atoms with E-state index in [2.05, 4.69) is 10.3 Å². The van der Waals surface area contributed by atoms with Crippen LogP contribution in [0.4, 0.5) is 5.13 Å². The summed E-state index contributed by atoms with van der Waals surface area (Å²) in [6.07, 6.45) is 0.987. The molecule has 1 N–H and O–H groups in total. The van der Waals surface area contributed by atoms with E-state index in [4.69, 9.17) is 21.1 Å². The zero-order valence-corrected chi connectivity index (χ0v) is 17.1. The second-order valence-corrected chi connectivity index (χ2v) is 7.24. The molecule has 7 heteroatoms. The number of thiazole rings is 1. The third-order valence-corrected chi connectivity index (χ3v) is 4.85. The van der Waals surface area contributed by atoms with E-state index in [1.54, 1.807) is 0 Å². The maximum atomic E-state index is 12.1. The van der Waals surface area contributed by atoms with E-state index in [0.717, 1.165) is 22.8 Å². The molecule has 0 radical (unpaired) electrons. The molecule has 0 aliphatic carbocycles. The predicted molar refractivity (Wildman–Crippen MR) is 114 cm³/mol. The molecule has 1 aromatic heterocycles. The number of nitrogens with zero attached hydrogens (tertiary/aromatic N) is 1. The number of hydrogen-bond donors (Lipinski definition) is 1. The van der Waals surface area contributed by atoms with Crippen LogP contribution in [0.25, 0.3) is 11.3 Å². The molecule has 5 nitrogen and oxygen atoms in total. The van der Waals surface area contributed by atoms with Gasteiger partial charge in [-0.15, -0.1) is 11.3 Å². The van der Waals surface area contributed by atoms with Gasteiger partial charge in [0.1, 0.15) is 11.5 Å². The van der Waals surface area contributed by atoms with Gasteiger partial charge < -0.3 is 14.8 Å². The highest BCUT2D eigenvalue weighted by atomic mass is 35.5. The van der Waals surface area contributed by atoms with Crippen LogP contribution in [0, 0.1) is 0 Å². The number of ether oxygens (including phenoxy) is 2. The molecule has 0 fully saturated rings. The molecule has 0 unspecified atom stereocenters. The molecular weight excluding hydrogens is 396 g/mol. The fourth-order valence-corrected chi connectivity index (χ4v) is 3.35. The van der Waals surface area contributed by atoms with E-state index >= 15 is 0 Å². The van der Waals surface area contributed by atoms with Crippen molar-refractivity contribution in [2.24, 2.45) is 0 Å². The third kappa shape index (κ3) is 5.97. The normalized spacial score (nSPS) is 10.5. The van der Waals surface area contributed by atoms with Crippen LogP contribution in [0.5, 0.6) is 11.5 Å². The van der Waals surface area contributed by atoms with Crippen molar-refractivity contribution in [2.45, 2.75) is 19.8 Å². The lowest BCUT2D eigenvalue weighted by atomic mass is 10.2. The average Bonchev–Trinajstić information content (AvgIpc) is 3.15. The van der Waals surface area contributed by atoms with Crippen LogP contribution in [0.2, 0.25) is 5.02 Å². The number of amides is 1. The van der Waals surface area contributed by atoms with Crippen LogP contribution in [-0.4, -0.2) is 24.1 Å². The van der Waals surface area contributed by atoms with Gasteiger partial charge in [-0.1, -0.05) is 23.7 Å². The summed E-state index contributed by atoms with van der Waals surface area (Å²) in [4.78, 5) is 16.5. The first kappa shape index (κ1) is 20.2. The first-order chi connectivity index (χ1) is 13.6. The van der Waals surface area contributed by atoms with Gasteiger partial charge in [-0.25, -0.2) is 4.98 Å². The average molecular weight is 417 g/mol. The number of benzene rings is 2. The molecule has 3 aromatic rings. The lowest BCUT2D eigenvalue weighted by Gasteiger charge is -2.07. The maximum absolute atomic E-state index is 12.1. The highest BCUT2D eigenvalue weighted by Gasteiger charge is 2.08. The largest absolute Gasteiger partial charge is 0.494 e. The van der Waals surface area contributed by atoms with Crippen molar-refractivity contribution in [3.8, 4) is 22.8 Å². The fraction of sp³-hybridized carbons (Fsp3) is 0.238. The second-order valence-electron chi connectivity index (χ2n) is 5.95. The standard InChI is InChI=1S/C21H21ClN2O3S/c1-2-26-17-9-11-18(12-10-17)27-13-3-4-20(25)24-21-23-19(14-28-21)15-5-7-16(22)8-6-15/h5-12,14H,2-4,13H2,1H3,(H,23,24,25). The summed E-state index contributed by atoms with van der Waals surface area (Å²) >= 11 is 7.30. The monoisotopic (exact) mass is 416 g/mol. The molecule has 1 heterocycles. The van der Waals surface area contributed by atoms with E-state index in [1.807, 2.05) is 60.8 Å². The van der Waals surface area contributed by atoms with Crippen molar-refractivity contribution < 1.29 is 14.3 Å². The topological polar surface area (TPSA) is 60.5 Å². The van der Waals surface area contributed by atoms with Crippen molar-refractivity contribution in [2.75, 3.05) is 18.5 Å². The number of carbonyl (C=O) groups excluding carboxylic acids is 1. The quantitative estimate of drug-likeness (QED) is 0.457. The zero-order chi connectivity index (χ0) is 19.8. The van der Waals surface area contributed by atoms with Gasteiger partial charge in [-0.05, 0) is 49.7 Å². The molecule has 0 aliphatic heterocycles. The molecule has 0 saturated carbocycles. The molecule has 0 bridgehead atoms. The first-order valence-electron chi connectivity index (χ1n) is 9.01. The van der Waals surface area contributed by atoms with E-state index in [0.29, 0.717) is 36.2 Å². The number of rotatable bonds is 9. The summed E-state index contributed by atoms with van der Waals surface area (Å²) in [7, 11) is 0. The Kier molecular flexibility index (Phi) is 7.28. The molecule has 3 rings (SSSR count). The minimum Gasteiger partial charge on any atom is -0.494 e. The van der Waals surface area contributed by atoms with Crippen LogP contribution in [0.1, 0.15) is 19.8 Å². The van der Waals surface area contributed by atoms with Crippen LogP contribution in [0.3, 0.4) is 0 Å². The summed E-state index contributed by atoms with van der Waals surface area (Å²) in [5.41, 5.74) is 1.78. The van der Waals surface area contributed by atoms with Crippen LogP contribution in [0.15, 0.2) is 53.9 Å². The van der Waals surface area contributed by atoms with Gasteiger partial charge in [-0.3, -0.25) is 4.79 Å². The number of carbonyl (C=O) groups is 1. The second kappa shape index (κ2) is 10.1. The Hall–Kier alpha value is -2.57. The van der Waals surface area contributed by atoms with Gasteiger partial charge in [-0.2, -0.15) is 0 Å². The van der Waals surface area contributed by atoms with Crippen LogP contribution in [-0.2, 0) is 4.79 Å². The Morgan fingerprint density at radius 2 is 1.75 bits per heavy atom. The summed E-state index contributed by atoms with van der Waals surface area (Å²) in [6.45, 7) is 3.05. The molecular formula is C21H21ClN2O3S. The highest BCUT2D eigenvalue weighted by molar-refractivity contribution is 7.14. The van der Waals surface area contributed by atoms with Crippen molar-refractivity contribution in [1.82, 2.24) is 4.98 Å². The maximum Gasteiger partial charge on any atom is 0.226 e. The van der Waals surface area contributed by atoms with E-state index in [-0.39, 0.29) is 5.91 Å². The van der Waals surface area contributed by atoms with Crippen LogP contribution < -0.4 is 14.8 Å². The molecule has 2 aromatic carbocycles. The Bertz CT molecular complexity index is 895. The number of anilines is 1. The molecule has 1 amide bonds. The Morgan fingerprint density at radius 3 is 2.43 bits per heavy atom. The van der Waals surface area contributed by atoms with Crippen molar-refractivity contribution in [3.05, 3.63) is 58.9 Å². The Morgan fingerprint density at radius 1 is 1.07 bits per heavy atom. The first-order valence-corrected chi connectivity index (χ1v) is 10.3. The highest BCUT2D eigenvalue weighted by Crippen LogP contribution is 2.26. The predicted octanol–water partition coefficient (Wildman–Crippen LogP) is 5.66. The molecule has 28 heavy (non-hydrogen) atoms. The van der Waals surface area contributed by atoms with Gasteiger partial charge in [0.15, 0.2) is 5.13 Å². The van der Waals surface area contributed by atoms with Gasteiger partial charge in [0, 0.05) is 22.4 Å². The van der Waals surface area contributed by atoms with E-state index < -0.39 is 0 Å². The molecule has 0 saturated heterocycles. The van der Waals surface area contributed by atoms with Crippen molar-refractivity contribution in [1.29, 1.82) is 0 Å². The minimum absolute atomic E-state index is 0.0766. The SMILES string of the molecule is CCOc1ccc(OCCCC(=O)Nc2nc(-c3ccc(Cl)cc3)cs2)cc1. The number of hydrogen-bond acceptors (Lipinski definition) is 5. The smallest absolute Gasteiger partial charge is 0.226 e. The van der Waals surface area contributed by atoms with E-state index in [9.17, 15) is 4.79 Å². The van der Waals surface area contributed by atoms with Crippen molar-refractivity contribution in [3.63, 3.8) is 0 Å². The minimum atomic E-state index is -0.0766. The fourth-order valence-electron chi connectivity index (χ4n) is 2.49. The molecule has 0 atom stereocenters. The molecule has 146 valence electrons.